The highest BCUT2D eigenvalue weighted by Crippen LogP contribution is 2.24. The Hall–Kier alpha value is -2.32. The Morgan fingerprint density at radius 2 is 2.15 bits per heavy atom. The van der Waals surface area contributed by atoms with Crippen LogP contribution >= 0.6 is 22.9 Å². The van der Waals surface area contributed by atoms with Crippen LogP contribution in [0.2, 0.25) is 5.02 Å². The molecule has 7 nitrogen and oxygen atoms in total. The van der Waals surface area contributed by atoms with Gasteiger partial charge < -0.3 is 15.0 Å². The van der Waals surface area contributed by atoms with Gasteiger partial charge >= 0.3 is 6.03 Å². The van der Waals surface area contributed by atoms with Gasteiger partial charge in [-0.15, -0.1) is 11.3 Å². The number of halogens is 1. The van der Waals surface area contributed by atoms with Crippen LogP contribution in [0.15, 0.2) is 28.3 Å². The Morgan fingerprint density at radius 1 is 1.41 bits per heavy atom. The second-order valence-corrected chi connectivity index (χ2v) is 7.52. The van der Waals surface area contributed by atoms with E-state index in [1.807, 2.05) is 0 Å². The number of unbranched alkanes of at least 4 members (excludes halogenated alkanes) is 1. The molecule has 0 aliphatic heterocycles. The Morgan fingerprint density at radius 3 is 2.78 bits per heavy atom. The lowest BCUT2D eigenvalue weighted by Gasteiger charge is -2.09. The number of hydrazone groups is 1. The monoisotopic (exact) mass is 409 g/mol. The third kappa shape index (κ3) is 5.33. The first kappa shape index (κ1) is 21.0. The summed E-state index contributed by atoms with van der Waals surface area (Å²) >= 11 is 7.71. The zero-order valence-corrected chi connectivity index (χ0v) is 17.4. The number of thiazole rings is 1. The summed E-state index contributed by atoms with van der Waals surface area (Å²) < 4.78 is 7.56. The fraction of sp³-hybridized carbons (Fsp3) is 0.389. The van der Waals surface area contributed by atoms with Crippen LogP contribution in [0.3, 0.4) is 0 Å². The van der Waals surface area contributed by atoms with Crippen LogP contribution in [0, 0.1) is 13.8 Å². The molecule has 0 fully saturated rings. The molecule has 0 atom stereocenters. The van der Waals surface area contributed by atoms with Crippen LogP contribution in [0.1, 0.15) is 35.9 Å². The van der Waals surface area contributed by atoms with Gasteiger partial charge in [-0.25, -0.2) is 10.2 Å². The summed E-state index contributed by atoms with van der Waals surface area (Å²) in [4.78, 5) is 17.8. The maximum Gasteiger partial charge on any atom is 0.332 e. The molecular weight excluding hydrogens is 386 g/mol. The van der Waals surface area contributed by atoms with Crippen LogP contribution in [0.5, 0.6) is 5.75 Å². The fourth-order valence-electron chi connectivity index (χ4n) is 2.46. The van der Waals surface area contributed by atoms with Crippen molar-refractivity contribution in [2.75, 3.05) is 7.11 Å². The van der Waals surface area contributed by atoms with Gasteiger partial charge in [0, 0.05) is 22.1 Å². The van der Waals surface area contributed by atoms with Crippen molar-refractivity contribution in [3.05, 3.63) is 44.2 Å². The molecule has 0 spiro atoms. The van der Waals surface area contributed by atoms with Crippen molar-refractivity contribution >= 4 is 34.8 Å². The third-order valence-corrected chi connectivity index (χ3v) is 5.33. The van der Waals surface area contributed by atoms with Gasteiger partial charge in [0.05, 0.1) is 12.7 Å². The van der Waals surface area contributed by atoms with Crippen molar-refractivity contribution in [2.24, 2.45) is 15.8 Å². The number of amides is 2. The van der Waals surface area contributed by atoms with Crippen LogP contribution in [-0.4, -0.2) is 23.5 Å². The highest BCUT2D eigenvalue weighted by atomic mass is 35.5. The largest absolute Gasteiger partial charge is 0.496 e. The number of aryl methyl sites for hydroxylation is 1. The molecule has 27 heavy (non-hydrogen) atoms. The lowest BCUT2D eigenvalue weighted by molar-refractivity contribution is 0.249. The lowest BCUT2D eigenvalue weighted by Crippen LogP contribution is -2.27. The molecule has 1 aromatic carbocycles. The molecular formula is C18H24ClN5O2S. The molecule has 0 saturated heterocycles. The molecule has 0 radical (unpaired) electrons. The summed E-state index contributed by atoms with van der Waals surface area (Å²) in [5, 5.41) is 4.58. The Balaban J connectivity index is 2.66. The SMILES string of the molecule is CCCCn1c(C)c(C)sc1=N/C(=N\NC(N)=O)c1cc(Cl)ccc1OC. The zero-order valence-electron chi connectivity index (χ0n) is 15.9. The van der Waals surface area contributed by atoms with E-state index < -0.39 is 6.03 Å². The molecule has 0 unspecified atom stereocenters. The maximum atomic E-state index is 11.2. The van der Waals surface area contributed by atoms with Gasteiger partial charge in [0.25, 0.3) is 0 Å². The fourth-order valence-corrected chi connectivity index (χ4v) is 3.64. The van der Waals surface area contributed by atoms with E-state index in [1.165, 1.54) is 4.88 Å². The number of amidine groups is 1. The summed E-state index contributed by atoms with van der Waals surface area (Å²) in [6, 6.07) is 4.35. The summed E-state index contributed by atoms with van der Waals surface area (Å²) in [6.45, 7) is 7.13. The van der Waals surface area contributed by atoms with Gasteiger partial charge in [-0.05, 0) is 38.5 Å². The van der Waals surface area contributed by atoms with Gasteiger partial charge in [-0.3, -0.25) is 0 Å². The number of nitrogens with two attached hydrogens (primary N) is 1. The summed E-state index contributed by atoms with van der Waals surface area (Å²) in [5.74, 6) is 0.804. The first-order valence-corrected chi connectivity index (χ1v) is 9.75. The van der Waals surface area contributed by atoms with E-state index in [0.717, 1.165) is 29.9 Å². The van der Waals surface area contributed by atoms with Crippen LogP contribution in [-0.2, 0) is 6.54 Å². The molecule has 2 rings (SSSR count). The van der Waals surface area contributed by atoms with Crippen molar-refractivity contribution in [3.8, 4) is 5.75 Å². The Bertz CT molecular complexity index is 917. The second kappa shape index (κ2) is 9.57. The van der Waals surface area contributed by atoms with Gasteiger partial charge in [0.1, 0.15) is 5.75 Å². The minimum atomic E-state index is -0.777. The number of aromatic nitrogens is 1. The smallest absolute Gasteiger partial charge is 0.332 e. The Kier molecular flexibility index (Phi) is 7.44. The van der Waals surface area contributed by atoms with E-state index in [1.54, 1.807) is 36.6 Å². The maximum absolute atomic E-state index is 11.2. The van der Waals surface area contributed by atoms with Gasteiger partial charge in [-0.1, -0.05) is 24.9 Å². The first-order valence-electron chi connectivity index (χ1n) is 8.56. The first-order chi connectivity index (χ1) is 12.9. The molecule has 0 aliphatic carbocycles. The molecule has 0 bridgehead atoms. The lowest BCUT2D eigenvalue weighted by atomic mass is 10.2. The molecule has 2 amide bonds. The van der Waals surface area contributed by atoms with Crippen molar-refractivity contribution in [2.45, 2.75) is 40.2 Å². The van der Waals surface area contributed by atoms with Gasteiger partial charge in [-0.2, -0.15) is 10.1 Å². The molecule has 0 aliphatic rings. The molecule has 9 heteroatoms. The standard InChI is InChI=1S/C18H24ClN5O2S/c1-5-6-9-24-11(2)12(3)27-18(24)21-16(22-23-17(20)25)14-10-13(19)7-8-15(14)26-4/h7-8,10H,5-6,9H2,1-4H3,(H3,20,23,25)/b21-18?,22-16-. The number of urea groups is 1. The van der Waals surface area contributed by atoms with Crippen molar-refractivity contribution < 1.29 is 9.53 Å². The number of methoxy groups -OCH3 is 1. The number of carbonyl (C=O) groups is 1. The molecule has 2 aromatic rings. The highest BCUT2D eigenvalue weighted by molar-refractivity contribution is 7.09. The van der Waals surface area contributed by atoms with Crippen molar-refractivity contribution in [3.63, 3.8) is 0 Å². The minimum Gasteiger partial charge on any atom is -0.496 e. The quantitative estimate of drug-likeness (QED) is 0.433. The number of ether oxygens (including phenoxy) is 1. The molecule has 1 heterocycles. The average molecular weight is 410 g/mol. The van der Waals surface area contributed by atoms with Crippen LogP contribution in [0.25, 0.3) is 0 Å². The topological polar surface area (TPSA) is 94.0 Å². The number of benzene rings is 1. The highest BCUT2D eigenvalue weighted by Gasteiger charge is 2.13. The number of hydrogen-bond donors (Lipinski definition) is 2. The number of hydrogen-bond acceptors (Lipinski definition) is 4. The van der Waals surface area contributed by atoms with E-state index in [4.69, 9.17) is 27.1 Å². The third-order valence-electron chi connectivity index (χ3n) is 4.00. The van der Waals surface area contributed by atoms with Crippen molar-refractivity contribution in [1.82, 2.24) is 9.99 Å². The number of carbonyl (C=O) groups excluding carboxylic acids is 1. The van der Waals surface area contributed by atoms with Gasteiger partial charge in [0.15, 0.2) is 10.6 Å². The minimum absolute atomic E-state index is 0.264. The van der Waals surface area contributed by atoms with Crippen LogP contribution < -0.4 is 20.7 Å². The number of rotatable bonds is 6. The predicted molar refractivity (Wildman–Crippen MR) is 110 cm³/mol. The molecule has 146 valence electrons. The average Bonchev–Trinajstić information content (AvgIpc) is 2.90. The van der Waals surface area contributed by atoms with Crippen molar-refractivity contribution in [1.29, 1.82) is 0 Å². The summed E-state index contributed by atoms with van der Waals surface area (Å²) in [5.41, 5.74) is 9.15. The van der Waals surface area contributed by atoms with E-state index in [0.29, 0.717) is 16.3 Å². The number of nitrogens with zero attached hydrogens (tertiary/aromatic N) is 3. The molecule has 1 aromatic heterocycles. The van der Waals surface area contributed by atoms with Gasteiger partial charge in [0.2, 0.25) is 0 Å². The van der Waals surface area contributed by atoms with Crippen LogP contribution in [0.4, 0.5) is 4.79 Å². The normalized spacial score (nSPS) is 12.3. The number of nitrogens with one attached hydrogen (secondary N) is 1. The molecule has 0 saturated carbocycles. The van der Waals surface area contributed by atoms with E-state index in [-0.39, 0.29) is 5.84 Å². The summed E-state index contributed by atoms with van der Waals surface area (Å²) in [6.07, 6.45) is 2.11. The predicted octanol–water partition coefficient (Wildman–Crippen LogP) is 3.56. The zero-order chi connectivity index (χ0) is 20.0. The van der Waals surface area contributed by atoms with E-state index in [9.17, 15) is 4.79 Å². The van der Waals surface area contributed by atoms with E-state index >= 15 is 0 Å². The summed E-state index contributed by atoms with van der Waals surface area (Å²) in [7, 11) is 1.55. The molecule has 3 N–H and O–H groups in total. The second-order valence-electron chi connectivity index (χ2n) is 5.90. The number of primary amides is 1. The van der Waals surface area contributed by atoms with E-state index in [2.05, 4.69) is 35.9 Å². The Labute approximate surface area is 167 Å².